The second kappa shape index (κ2) is 7.99. The fourth-order valence-corrected chi connectivity index (χ4v) is 5.12. The third-order valence-electron chi connectivity index (χ3n) is 6.97. The van der Waals surface area contributed by atoms with E-state index in [0.29, 0.717) is 18.9 Å². The highest BCUT2D eigenvalue weighted by atomic mass is 16.7. The Labute approximate surface area is 166 Å². The van der Waals surface area contributed by atoms with Crippen LogP contribution < -0.4 is 5.32 Å². The van der Waals surface area contributed by atoms with Crippen molar-refractivity contribution in [2.45, 2.75) is 63.1 Å². The van der Waals surface area contributed by atoms with Crippen molar-refractivity contribution in [1.82, 2.24) is 20.2 Å². The molecule has 1 aliphatic carbocycles. The van der Waals surface area contributed by atoms with E-state index in [4.69, 9.17) is 4.84 Å². The SMILES string of the molecule is CON1C(=O)N2C[C@H]1CC[C@H]2C(=O)NCC(=O)[C@@H]1C[C@H](CC2CC2)CCN1C. The topological polar surface area (TPSA) is 82.2 Å². The van der Waals surface area contributed by atoms with Gasteiger partial charge < -0.3 is 10.2 Å². The average Bonchev–Trinajstić information content (AvgIpc) is 3.47. The Morgan fingerprint density at radius 2 is 1.89 bits per heavy atom. The van der Waals surface area contributed by atoms with Crippen molar-refractivity contribution in [3.8, 4) is 0 Å². The normalized spacial score (nSPS) is 33.3. The summed E-state index contributed by atoms with van der Waals surface area (Å²) in [5.41, 5.74) is 0. The fraction of sp³-hybridized carbons (Fsp3) is 0.850. The van der Waals surface area contributed by atoms with E-state index >= 15 is 0 Å². The monoisotopic (exact) mass is 392 g/mol. The highest BCUT2D eigenvalue weighted by Crippen LogP contribution is 2.39. The first-order valence-corrected chi connectivity index (χ1v) is 10.6. The van der Waals surface area contributed by atoms with Crippen LogP contribution in [0.4, 0.5) is 4.79 Å². The van der Waals surface area contributed by atoms with Crippen LogP contribution in [0.1, 0.15) is 44.9 Å². The summed E-state index contributed by atoms with van der Waals surface area (Å²) in [6.45, 7) is 1.49. The van der Waals surface area contributed by atoms with Gasteiger partial charge in [-0.1, -0.05) is 12.8 Å². The van der Waals surface area contributed by atoms with Crippen LogP contribution in [0.25, 0.3) is 0 Å². The molecule has 4 aliphatic rings. The van der Waals surface area contributed by atoms with Crippen molar-refractivity contribution < 1.29 is 19.2 Å². The standard InChI is InChI=1S/C20H32N4O4/c1-22-8-7-14(9-13-3-4-13)10-17(22)18(25)11-21-19(26)16-6-5-15-12-23(16)20(27)24(15)28-2/h13-17H,3-12H2,1-2H3,(H,21,26)/t14-,15+,16-,17-/m0/s1. The van der Waals surface area contributed by atoms with Crippen LogP contribution in [0.3, 0.4) is 0 Å². The van der Waals surface area contributed by atoms with Crippen LogP contribution in [0, 0.1) is 11.8 Å². The predicted octanol–water partition coefficient (Wildman–Crippen LogP) is 1.01. The molecular formula is C20H32N4O4. The van der Waals surface area contributed by atoms with Crippen molar-refractivity contribution in [1.29, 1.82) is 0 Å². The number of hydrogen-bond donors (Lipinski definition) is 1. The van der Waals surface area contributed by atoms with Crippen LogP contribution in [0.15, 0.2) is 0 Å². The van der Waals surface area contributed by atoms with Gasteiger partial charge in [-0.2, -0.15) is 5.06 Å². The Hall–Kier alpha value is -1.67. The van der Waals surface area contributed by atoms with Gasteiger partial charge >= 0.3 is 6.03 Å². The largest absolute Gasteiger partial charge is 0.347 e. The zero-order valence-corrected chi connectivity index (χ0v) is 16.9. The highest BCUT2D eigenvalue weighted by molar-refractivity contribution is 5.93. The van der Waals surface area contributed by atoms with Gasteiger partial charge in [-0.15, -0.1) is 0 Å². The zero-order chi connectivity index (χ0) is 19.8. The molecule has 156 valence electrons. The van der Waals surface area contributed by atoms with E-state index in [9.17, 15) is 14.4 Å². The number of urea groups is 1. The number of nitrogens with one attached hydrogen (secondary N) is 1. The van der Waals surface area contributed by atoms with Gasteiger partial charge in [0.05, 0.1) is 25.7 Å². The number of fused-ring (bicyclic) bond motifs is 2. The number of rotatable bonds is 7. The summed E-state index contributed by atoms with van der Waals surface area (Å²) in [4.78, 5) is 46.7. The first-order valence-electron chi connectivity index (χ1n) is 10.6. The summed E-state index contributed by atoms with van der Waals surface area (Å²) in [5, 5.41) is 4.16. The van der Waals surface area contributed by atoms with Crippen LogP contribution in [0.5, 0.6) is 0 Å². The Morgan fingerprint density at radius 3 is 2.61 bits per heavy atom. The van der Waals surface area contributed by atoms with Gasteiger partial charge in [0, 0.05) is 6.54 Å². The molecule has 0 radical (unpaired) electrons. The molecule has 4 rings (SSSR count). The maximum absolute atomic E-state index is 12.8. The predicted molar refractivity (Wildman–Crippen MR) is 102 cm³/mol. The molecule has 4 fully saturated rings. The van der Waals surface area contributed by atoms with Crippen molar-refractivity contribution in [2.75, 3.05) is 33.8 Å². The minimum Gasteiger partial charge on any atom is -0.347 e. The quantitative estimate of drug-likeness (QED) is 0.699. The lowest BCUT2D eigenvalue weighted by Crippen LogP contribution is -2.53. The number of likely N-dealkylation sites (tertiary alicyclic amines) is 1. The average molecular weight is 393 g/mol. The third kappa shape index (κ3) is 3.89. The molecule has 4 atom stereocenters. The van der Waals surface area contributed by atoms with Crippen LogP contribution in [0.2, 0.25) is 0 Å². The first kappa shape index (κ1) is 19.6. The maximum atomic E-state index is 12.8. The van der Waals surface area contributed by atoms with Gasteiger partial charge in [0.2, 0.25) is 5.91 Å². The molecule has 3 aliphatic heterocycles. The molecule has 3 amide bonds. The third-order valence-corrected chi connectivity index (χ3v) is 6.97. The number of piperidine rings is 2. The van der Waals surface area contributed by atoms with Crippen molar-refractivity contribution >= 4 is 17.7 Å². The maximum Gasteiger partial charge on any atom is 0.345 e. The molecular weight excluding hydrogens is 360 g/mol. The van der Waals surface area contributed by atoms with Gasteiger partial charge in [0.15, 0.2) is 5.78 Å². The second-order valence-corrected chi connectivity index (χ2v) is 8.94. The summed E-state index contributed by atoms with van der Waals surface area (Å²) < 4.78 is 0. The fourth-order valence-electron chi connectivity index (χ4n) is 5.12. The smallest absolute Gasteiger partial charge is 0.345 e. The minimum absolute atomic E-state index is 0.0162. The van der Waals surface area contributed by atoms with Gasteiger partial charge in [-0.3, -0.25) is 19.3 Å². The number of carbonyl (C=O) groups excluding carboxylic acids is 3. The molecule has 1 saturated carbocycles. The number of nitrogens with zero attached hydrogens (tertiary/aromatic N) is 3. The molecule has 0 spiro atoms. The molecule has 3 saturated heterocycles. The minimum atomic E-state index is -0.511. The summed E-state index contributed by atoms with van der Waals surface area (Å²) in [7, 11) is 3.48. The zero-order valence-electron chi connectivity index (χ0n) is 16.9. The number of hydroxylamine groups is 2. The summed E-state index contributed by atoms with van der Waals surface area (Å²) in [5.74, 6) is 1.36. The van der Waals surface area contributed by atoms with Crippen molar-refractivity contribution in [3.63, 3.8) is 0 Å². The number of hydrogen-bond acceptors (Lipinski definition) is 5. The summed E-state index contributed by atoms with van der Waals surface area (Å²) >= 11 is 0. The number of amides is 3. The Bertz CT molecular complexity index is 638. The molecule has 8 nitrogen and oxygen atoms in total. The van der Waals surface area contributed by atoms with E-state index in [1.165, 1.54) is 37.9 Å². The van der Waals surface area contributed by atoms with E-state index in [1.807, 2.05) is 7.05 Å². The van der Waals surface area contributed by atoms with Crippen molar-refractivity contribution in [3.05, 3.63) is 0 Å². The molecule has 2 bridgehead atoms. The molecule has 28 heavy (non-hydrogen) atoms. The molecule has 8 heteroatoms. The molecule has 0 unspecified atom stereocenters. The molecule has 1 N–H and O–H groups in total. The lowest BCUT2D eigenvalue weighted by atomic mass is 9.85. The number of carbonyl (C=O) groups is 3. The Kier molecular flexibility index (Phi) is 5.60. The summed E-state index contributed by atoms with van der Waals surface area (Å²) in [6, 6.07) is -0.858. The first-order chi connectivity index (χ1) is 13.5. The van der Waals surface area contributed by atoms with E-state index in [2.05, 4.69) is 10.2 Å². The molecule has 0 aromatic heterocycles. The molecule has 0 aromatic carbocycles. The van der Waals surface area contributed by atoms with Gasteiger partial charge in [0.1, 0.15) is 6.04 Å². The van der Waals surface area contributed by atoms with E-state index in [-0.39, 0.29) is 36.3 Å². The van der Waals surface area contributed by atoms with Gasteiger partial charge in [-0.25, -0.2) is 4.79 Å². The number of likely N-dealkylation sites (N-methyl/N-ethyl adjacent to an activating group) is 1. The second-order valence-electron chi connectivity index (χ2n) is 8.94. The summed E-state index contributed by atoms with van der Waals surface area (Å²) in [6.07, 6.45) is 7.34. The number of ketones is 1. The van der Waals surface area contributed by atoms with Crippen LogP contribution in [-0.4, -0.2) is 84.5 Å². The van der Waals surface area contributed by atoms with E-state index < -0.39 is 6.04 Å². The van der Waals surface area contributed by atoms with Gasteiger partial charge in [0.25, 0.3) is 0 Å². The highest BCUT2D eigenvalue weighted by Gasteiger charge is 2.47. The van der Waals surface area contributed by atoms with E-state index in [1.54, 1.807) is 4.90 Å². The molecule has 0 aromatic rings. The lowest BCUT2D eigenvalue weighted by Gasteiger charge is -2.36. The van der Waals surface area contributed by atoms with E-state index in [0.717, 1.165) is 25.3 Å². The van der Waals surface area contributed by atoms with Crippen LogP contribution >= 0.6 is 0 Å². The van der Waals surface area contributed by atoms with Crippen molar-refractivity contribution in [2.24, 2.45) is 11.8 Å². The Balaban J connectivity index is 1.29. The molecule has 3 heterocycles. The van der Waals surface area contributed by atoms with Gasteiger partial charge in [-0.05, 0) is 57.5 Å². The van der Waals surface area contributed by atoms with Crippen LogP contribution in [-0.2, 0) is 14.4 Å². The number of Topliss-reactive ketones (excluding diaryl/α,β-unsaturated/α-hetero) is 1. The lowest BCUT2D eigenvalue weighted by molar-refractivity contribution is -0.131. The Morgan fingerprint density at radius 1 is 1.11 bits per heavy atom.